The molecule has 5 aromatic rings. The third-order valence-electron chi connectivity index (χ3n) is 21.0. The van der Waals surface area contributed by atoms with Gasteiger partial charge in [-0.3, -0.25) is 0 Å². The van der Waals surface area contributed by atoms with Crippen molar-refractivity contribution in [3.05, 3.63) is 134 Å². The summed E-state index contributed by atoms with van der Waals surface area (Å²) in [5, 5.41) is 0. The Bertz CT molecular complexity index is 3190. The normalized spacial score (nSPS) is 26.8. The number of nitrogens with zero attached hydrogens (tertiary/aromatic N) is 3. The van der Waals surface area contributed by atoms with E-state index in [1.54, 1.807) is 22.3 Å². The summed E-state index contributed by atoms with van der Waals surface area (Å²) in [7, 11) is 0. The summed E-state index contributed by atoms with van der Waals surface area (Å²) in [5.41, 5.74) is 30.2. The maximum absolute atomic E-state index is 3.01. The molecule has 0 radical (unpaired) electrons. The Labute approximate surface area is 430 Å². The lowest BCUT2D eigenvalue weighted by Crippen LogP contribution is -2.62. The van der Waals surface area contributed by atoms with Crippen molar-refractivity contribution in [2.24, 2.45) is 0 Å². The van der Waals surface area contributed by atoms with Crippen molar-refractivity contribution in [3.8, 4) is 0 Å². The summed E-state index contributed by atoms with van der Waals surface area (Å²) in [6.07, 6.45) is 9.87. The zero-order valence-electron chi connectivity index (χ0n) is 47.4. The first-order chi connectivity index (χ1) is 33.0. The van der Waals surface area contributed by atoms with Crippen molar-refractivity contribution in [1.29, 1.82) is 0 Å². The van der Waals surface area contributed by atoms with Crippen molar-refractivity contribution in [3.63, 3.8) is 0 Å². The number of fused-ring (bicyclic) bond motifs is 11. The summed E-state index contributed by atoms with van der Waals surface area (Å²) in [4.78, 5) is 8.79. The third kappa shape index (κ3) is 5.86. The molecular formula is C67H84BN3. The summed E-state index contributed by atoms with van der Waals surface area (Å²) in [6.45, 7) is 47.0. The maximum Gasteiger partial charge on any atom is 0.252 e. The zero-order valence-corrected chi connectivity index (χ0v) is 47.4. The Balaban J connectivity index is 1.26. The first-order valence-corrected chi connectivity index (χ1v) is 27.9. The highest BCUT2D eigenvalue weighted by molar-refractivity contribution is 7.04. The van der Waals surface area contributed by atoms with E-state index in [2.05, 4.69) is 213 Å². The lowest BCUT2D eigenvalue weighted by atomic mass is 9.31. The molecule has 2 fully saturated rings. The highest BCUT2D eigenvalue weighted by Gasteiger charge is 2.64. The number of hydrogen-bond donors (Lipinski definition) is 0. The molecule has 0 aromatic heterocycles. The van der Waals surface area contributed by atoms with Crippen molar-refractivity contribution in [1.82, 2.24) is 0 Å². The van der Waals surface area contributed by atoms with Gasteiger partial charge in [0.05, 0.1) is 16.8 Å². The van der Waals surface area contributed by atoms with Crippen LogP contribution in [-0.4, -0.2) is 17.8 Å². The van der Waals surface area contributed by atoms with Crippen LogP contribution in [0.5, 0.6) is 0 Å². The Morgan fingerprint density at radius 3 is 1.63 bits per heavy atom. The maximum atomic E-state index is 3.01. The van der Waals surface area contributed by atoms with E-state index in [1.807, 2.05) is 0 Å². The molecule has 3 aliphatic carbocycles. The van der Waals surface area contributed by atoms with Gasteiger partial charge in [0.2, 0.25) is 0 Å². The van der Waals surface area contributed by atoms with Gasteiger partial charge >= 0.3 is 0 Å². The fourth-order valence-corrected chi connectivity index (χ4v) is 16.8. The van der Waals surface area contributed by atoms with Gasteiger partial charge in [0.15, 0.2) is 0 Å². The van der Waals surface area contributed by atoms with Crippen LogP contribution in [0.4, 0.5) is 34.1 Å². The standard InChI is InChI=1S/C67H84BN3/c1-39-32-40(2)54-58-53(39)65(17)29-21-23-31-67(65,19)71(58)52-38-46(70-50-27-25-44(61(8,9)10)36-49(50)64(16)28-20-22-30-66(64,70)18)37-51-56(52)68(54)55-47-35-43(60(5,6)7)24-26-48(47)63(14,15)59(55)69(51)57-41(3)33-45(34-42(57)4)62(11,12)13/h24-27,32-38H,20-23,28-31H2,1-19H3. The zero-order chi connectivity index (χ0) is 50.9. The van der Waals surface area contributed by atoms with Crippen LogP contribution in [0.15, 0.2) is 72.4 Å². The van der Waals surface area contributed by atoms with Gasteiger partial charge in [-0.05, 0) is 174 Å². The van der Waals surface area contributed by atoms with Crippen LogP contribution < -0.4 is 25.6 Å². The minimum absolute atomic E-state index is 0.0113. The molecule has 0 amide bonds. The topological polar surface area (TPSA) is 9.72 Å². The molecule has 370 valence electrons. The first-order valence-electron chi connectivity index (χ1n) is 27.9. The predicted octanol–water partition coefficient (Wildman–Crippen LogP) is 16.6. The molecule has 4 unspecified atom stereocenters. The second kappa shape index (κ2) is 14.3. The van der Waals surface area contributed by atoms with E-state index in [1.165, 1.54) is 147 Å². The molecule has 3 nitrogen and oxygen atoms in total. The number of anilines is 6. The van der Waals surface area contributed by atoms with Gasteiger partial charge in [0, 0.05) is 50.4 Å². The molecule has 7 aliphatic rings. The van der Waals surface area contributed by atoms with Crippen LogP contribution >= 0.6 is 0 Å². The molecule has 71 heavy (non-hydrogen) atoms. The summed E-state index contributed by atoms with van der Waals surface area (Å²) in [6, 6.07) is 28.4. The van der Waals surface area contributed by atoms with E-state index in [0.717, 1.165) is 0 Å². The summed E-state index contributed by atoms with van der Waals surface area (Å²) < 4.78 is 0. The summed E-state index contributed by atoms with van der Waals surface area (Å²) in [5.74, 6) is 0. The lowest BCUT2D eigenvalue weighted by molar-refractivity contribution is 0.193. The van der Waals surface area contributed by atoms with Gasteiger partial charge < -0.3 is 14.7 Å². The fourth-order valence-electron chi connectivity index (χ4n) is 16.8. The summed E-state index contributed by atoms with van der Waals surface area (Å²) >= 11 is 0. The molecular weight excluding hydrogens is 858 g/mol. The first kappa shape index (κ1) is 47.3. The van der Waals surface area contributed by atoms with Crippen molar-refractivity contribution >= 4 is 57.2 Å². The molecule has 0 spiro atoms. The molecule has 4 atom stereocenters. The minimum atomic E-state index is -0.279. The number of hydrogen-bond acceptors (Lipinski definition) is 3. The molecule has 0 N–H and O–H groups in total. The van der Waals surface area contributed by atoms with Gasteiger partial charge in [-0.2, -0.15) is 0 Å². The molecule has 5 aromatic carbocycles. The van der Waals surface area contributed by atoms with Gasteiger partial charge in [0.1, 0.15) is 0 Å². The molecule has 0 saturated heterocycles. The number of aryl methyl sites for hydroxylation is 4. The van der Waals surface area contributed by atoms with Crippen LogP contribution in [0.25, 0.3) is 5.47 Å². The molecule has 4 aliphatic heterocycles. The molecule has 0 bridgehead atoms. The average molecular weight is 942 g/mol. The van der Waals surface area contributed by atoms with Crippen LogP contribution in [0.3, 0.4) is 0 Å². The Morgan fingerprint density at radius 1 is 0.465 bits per heavy atom. The third-order valence-corrected chi connectivity index (χ3v) is 21.0. The smallest absolute Gasteiger partial charge is 0.252 e. The number of allylic oxidation sites excluding steroid dienone is 1. The highest BCUT2D eigenvalue weighted by Crippen LogP contribution is 2.67. The number of benzene rings is 5. The molecule has 12 rings (SSSR count). The van der Waals surface area contributed by atoms with Crippen LogP contribution in [0.1, 0.15) is 216 Å². The molecule has 2 saturated carbocycles. The second-order valence-corrected chi connectivity index (χ2v) is 28.7. The Morgan fingerprint density at radius 2 is 1.01 bits per heavy atom. The van der Waals surface area contributed by atoms with Crippen LogP contribution in [0, 0.1) is 27.7 Å². The van der Waals surface area contributed by atoms with E-state index in [9.17, 15) is 0 Å². The van der Waals surface area contributed by atoms with Crippen LogP contribution in [0.2, 0.25) is 0 Å². The largest absolute Gasteiger partial charge is 0.335 e. The minimum Gasteiger partial charge on any atom is -0.335 e. The van der Waals surface area contributed by atoms with E-state index in [0.29, 0.717) is 0 Å². The Hall–Kier alpha value is -4.70. The van der Waals surface area contributed by atoms with Gasteiger partial charge in [-0.25, -0.2) is 0 Å². The monoisotopic (exact) mass is 942 g/mol. The fraction of sp³-hybridized carbons (Fsp3) is 0.522. The van der Waals surface area contributed by atoms with E-state index < -0.39 is 0 Å². The van der Waals surface area contributed by atoms with Gasteiger partial charge in [0.25, 0.3) is 6.71 Å². The van der Waals surface area contributed by atoms with Crippen molar-refractivity contribution in [2.45, 2.75) is 226 Å². The predicted molar refractivity (Wildman–Crippen MR) is 307 cm³/mol. The molecule has 4 heterocycles. The van der Waals surface area contributed by atoms with Crippen LogP contribution in [-0.2, 0) is 32.5 Å². The second-order valence-electron chi connectivity index (χ2n) is 28.7. The SMILES string of the molecule is Cc1cc(C)c2c3c1B1C4=C(N(c5c(C)cc(C(C)(C)C)cc5C)c5cc(N6c7ccc(C(C)(C)C)cc7C7(C)CCCCC67C)cc(c51)N3C1(C)CCCCC21C)C(C)(C)c1ccc(C(C)(C)C)cc14. The van der Waals surface area contributed by atoms with Crippen molar-refractivity contribution < 1.29 is 0 Å². The van der Waals surface area contributed by atoms with E-state index >= 15 is 0 Å². The van der Waals surface area contributed by atoms with E-state index in [4.69, 9.17) is 0 Å². The highest BCUT2D eigenvalue weighted by atomic mass is 15.3. The lowest BCUT2D eigenvalue weighted by Gasteiger charge is -2.54. The number of rotatable bonds is 2. The quantitative estimate of drug-likeness (QED) is 0.163. The average Bonchev–Trinajstić information content (AvgIpc) is 3.74. The van der Waals surface area contributed by atoms with E-state index in [-0.39, 0.29) is 50.3 Å². The van der Waals surface area contributed by atoms with Gasteiger partial charge in [-0.1, -0.05) is 170 Å². The van der Waals surface area contributed by atoms with Gasteiger partial charge in [-0.15, -0.1) is 0 Å². The molecule has 4 heteroatoms. The Kier molecular flexibility index (Phi) is 9.55. The van der Waals surface area contributed by atoms with Crippen molar-refractivity contribution in [2.75, 3.05) is 14.7 Å².